The van der Waals surface area contributed by atoms with Crippen LogP contribution in [0.4, 0.5) is 0 Å². The molecule has 0 radical (unpaired) electrons. The van der Waals surface area contributed by atoms with E-state index >= 15 is 0 Å². The van der Waals surface area contributed by atoms with Crippen LogP contribution >= 0.6 is 31.9 Å². The van der Waals surface area contributed by atoms with Crippen molar-refractivity contribution < 1.29 is 14.3 Å². The Morgan fingerprint density at radius 2 is 1.93 bits per heavy atom. The molecule has 1 rings (SSSR count). The van der Waals surface area contributed by atoms with Crippen molar-refractivity contribution in [2.75, 3.05) is 0 Å². The SMILES string of the molecule is O=C(Cl)CCc1ccccc1Cl.O=[PH2]O. The van der Waals surface area contributed by atoms with Gasteiger partial charge in [-0.15, -0.1) is 0 Å². The first-order chi connectivity index (χ1) is 7.11. The molecular formula is C9H11Cl2O3P. The van der Waals surface area contributed by atoms with Crippen LogP contribution in [0.1, 0.15) is 12.0 Å². The van der Waals surface area contributed by atoms with E-state index in [1.165, 1.54) is 0 Å². The third-order valence-electron chi connectivity index (χ3n) is 1.55. The van der Waals surface area contributed by atoms with Gasteiger partial charge in [0.1, 0.15) is 0 Å². The largest absolute Gasteiger partial charge is 0.348 e. The maximum absolute atomic E-state index is 10.5. The topological polar surface area (TPSA) is 54.4 Å². The van der Waals surface area contributed by atoms with E-state index in [1.807, 2.05) is 18.2 Å². The van der Waals surface area contributed by atoms with Gasteiger partial charge in [-0.2, -0.15) is 0 Å². The smallest absolute Gasteiger partial charge is 0.221 e. The van der Waals surface area contributed by atoms with Crippen molar-refractivity contribution in [3.8, 4) is 0 Å². The number of hydrogen-bond acceptors (Lipinski definition) is 2. The lowest BCUT2D eigenvalue weighted by molar-refractivity contribution is -0.111. The number of halogens is 2. The van der Waals surface area contributed by atoms with Gasteiger partial charge in [-0.25, -0.2) is 0 Å². The van der Waals surface area contributed by atoms with Crippen LogP contribution in [0, 0.1) is 0 Å². The molecule has 1 N–H and O–H groups in total. The Kier molecular flexibility index (Phi) is 8.73. The molecule has 0 aliphatic rings. The number of carbonyl (C=O) groups excluding carboxylic acids is 1. The summed E-state index contributed by atoms with van der Waals surface area (Å²) in [7, 11) is -1.50. The third-order valence-corrected chi connectivity index (χ3v) is 2.11. The molecule has 15 heavy (non-hydrogen) atoms. The molecule has 3 nitrogen and oxygen atoms in total. The molecular weight excluding hydrogens is 258 g/mol. The van der Waals surface area contributed by atoms with Gasteiger partial charge in [0.05, 0.1) is 0 Å². The Balaban J connectivity index is 0.000000583. The van der Waals surface area contributed by atoms with Crippen molar-refractivity contribution in [3.63, 3.8) is 0 Å². The maximum Gasteiger partial charge on any atom is 0.221 e. The number of hydrogen-bond donors (Lipinski definition) is 1. The number of carbonyl (C=O) groups is 1. The summed E-state index contributed by atoms with van der Waals surface area (Å²) in [6, 6.07) is 7.44. The van der Waals surface area contributed by atoms with Crippen molar-refractivity contribution >= 4 is 37.1 Å². The molecule has 6 heteroatoms. The second-order valence-corrected chi connectivity index (χ2v) is 3.59. The van der Waals surface area contributed by atoms with E-state index in [9.17, 15) is 4.79 Å². The predicted octanol–water partition coefficient (Wildman–Crippen LogP) is 2.69. The van der Waals surface area contributed by atoms with Gasteiger partial charge in [-0.1, -0.05) is 29.8 Å². The molecule has 0 aromatic heterocycles. The summed E-state index contributed by atoms with van der Waals surface area (Å²) < 4.78 is 8.57. The monoisotopic (exact) mass is 268 g/mol. The molecule has 1 aromatic carbocycles. The average molecular weight is 269 g/mol. The molecule has 84 valence electrons. The lowest BCUT2D eigenvalue weighted by atomic mass is 10.1. The predicted molar refractivity (Wildman–Crippen MR) is 63.2 cm³/mol. The van der Waals surface area contributed by atoms with Gasteiger partial charge in [0.25, 0.3) is 0 Å². The molecule has 0 amide bonds. The average Bonchev–Trinajstić information content (AvgIpc) is 2.17. The van der Waals surface area contributed by atoms with Gasteiger partial charge >= 0.3 is 0 Å². The fourth-order valence-electron chi connectivity index (χ4n) is 0.934. The first-order valence-electron chi connectivity index (χ1n) is 4.11. The van der Waals surface area contributed by atoms with Crippen molar-refractivity contribution in [2.24, 2.45) is 0 Å². The van der Waals surface area contributed by atoms with Gasteiger partial charge in [0, 0.05) is 11.4 Å². The molecule has 0 heterocycles. The van der Waals surface area contributed by atoms with Gasteiger partial charge in [-0.05, 0) is 29.7 Å². The number of aryl methyl sites for hydroxylation is 1. The fraction of sp³-hybridized carbons (Fsp3) is 0.222. The fourth-order valence-corrected chi connectivity index (χ4v) is 1.26. The summed E-state index contributed by atoms with van der Waals surface area (Å²) in [5, 5.41) is 0.366. The van der Waals surface area contributed by atoms with Crippen molar-refractivity contribution in [1.29, 1.82) is 0 Å². The zero-order valence-electron chi connectivity index (χ0n) is 7.82. The van der Waals surface area contributed by atoms with E-state index < -0.39 is 8.69 Å². The number of rotatable bonds is 3. The van der Waals surface area contributed by atoms with Crippen LogP contribution in [0.15, 0.2) is 24.3 Å². The highest BCUT2D eigenvalue weighted by molar-refractivity contribution is 7.16. The Morgan fingerprint density at radius 3 is 2.40 bits per heavy atom. The quantitative estimate of drug-likeness (QED) is 0.678. The lowest BCUT2D eigenvalue weighted by Crippen LogP contribution is -1.91. The second-order valence-electron chi connectivity index (χ2n) is 2.55. The van der Waals surface area contributed by atoms with E-state index in [1.54, 1.807) is 6.07 Å². The summed E-state index contributed by atoms with van der Waals surface area (Å²) in [6.07, 6.45) is 0.952. The van der Waals surface area contributed by atoms with E-state index in [2.05, 4.69) is 0 Å². The Labute approximate surface area is 99.3 Å². The molecule has 0 fully saturated rings. The highest BCUT2D eigenvalue weighted by Gasteiger charge is 2.01. The first kappa shape index (κ1) is 14.7. The molecule has 1 unspecified atom stereocenters. The summed E-state index contributed by atoms with van der Waals surface area (Å²) in [5.74, 6) is 0. The molecule has 0 spiro atoms. The molecule has 0 aliphatic heterocycles. The molecule has 0 saturated heterocycles. The van der Waals surface area contributed by atoms with E-state index in [0.29, 0.717) is 17.9 Å². The molecule has 1 aromatic rings. The van der Waals surface area contributed by atoms with Crippen LogP contribution in [0.3, 0.4) is 0 Å². The summed E-state index contributed by atoms with van der Waals surface area (Å²) in [5.41, 5.74) is 0.966. The minimum Gasteiger partial charge on any atom is -0.348 e. The van der Waals surface area contributed by atoms with E-state index in [0.717, 1.165) is 5.56 Å². The highest BCUT2D eigenvalue weighted by Crippen LogP contribution is 2.16. The van der Waals surface area contributed by atoms with Gasteiger partial charge < -0.3 is 4.89 Å². The van der Waals surface area contributed by atoms with Gasteiger partial charge in [0.15, 0.2) is 8.69 Å². The van der Waals surface area contributed by atoms with Crippen LogP contribution in [0.2, 0.25) is 5.02 Å². The summed E-state index contributed by atoms with van der Waals surface area (Å²) in [4.78, 5) is 17.5. The standard InChI is InChI=1S/C9H8Cl2O.H3O2P/c10-8-4-2-1-3-7(8)5-6-9(11)12;1-3-2/h1-4H,5-6H2;3H2,(H,1,2). The minimum atomic E-state index is -1.50. The normalized spacial score (nSPS) is 9.80. The van der Waals surface area contributed by atoms with Crippen LogP contribution < -0.4 is 0 Å². The van der Waals surface area contributed by atoms with Crippen LogP contribution in [0.25, 0.3) is 0 Å². The van der Waals surface area contributed by atoms with Crippen LogP contribution in [-0.2, 0) is 15.8 Å². The molecule has 0 aliphatic carbocycles. The van der Waals surface area contributed by atoms with E-state index in [-0.39, 0.29) is 5.24 Å². The highest BCUT2D eigenvalue weighted by atomic mass is 35.5. The zero-order valence-corrected chi connectivity index (χ0v) is 10.5. The van der Waals surface area contributed by atoms with Gasteiger partial charge in [-0.3, -0.25) is 9.36 Å². The second kappa shape index (κ2) is 8.93. The van der Waals surface area contributed by atoms with Crippen LogP contribution in [-0.4, -0.2) is 10.1 Å². The Bertz CT molecular complexity index is 331. The molecule has 1 atom stereocenters. The maximum atomic E-state index is 10.5. The van der Waals surface area contributed by atoms with Crippen molar-refractivity contribution in [1.82, 2.24) is 0 Å². The third kappa shape index (κ3) is 7.57. The van der Waals surface area contributed by atoms with Crippen LogP contribution in [0.5, 0.6) is 0 Å². The lowest BCUT2D eigenvalue weighted by Gasteiger charge is -1.99. The minimum absolute atomic E-state index is 0.324. The number of benzene rings is 1. The Morgan fingerprint density at radius 1 is 1.40 bits per heavy atom. The first-order valence-corrected chi connectivity index (χ1v) is 5.85. The van der Waals surface area contributed by atoms with Crippen molar-refractivity contribution in [2.45, 2.75) is 12.8 Å². The molecule has 0 bridgehead atoms. The summed E-state index contributed by atoms with van der Waals surface area (Å²) >= 11 is 11.1. The summed E-state index contributed by atoms with van der Waals surface area (Å²) in [6.45, 7) is 0. The van der Waals surface area contributed by atoms with Gasteiger partial charge in [0.2, 0.25) is 5.24 Å². The van der Waals surface area contributed by atoms with E-state index in [4.69, 9.17) is 32.7 Å². The Hall–Kier alpha value is -0.340. The van der Waals surface area contributed by atoms with Crippen molar-refractivity contribution in [3.05, 3.63) is 34.9 Å². The zero-order chi connectivity index (χ0) is 11.7. The molecule has 0 saturated carbocycles.